The lowest BCUT2D eigenvalue weighted by atomic mass is 9.98. The van der Waals surface area contributed by atoms with Crippen LogP contribution in [0.1, 0.15) is 42.3 Å². The van der Waals surface area contributed by atoms with Crippen molar-refractivity contribution in [3.8, 4) is 0 Å². The van der Waals surface area contributed by atoms with Crippen LogP contribution in [0.4, 0.5) is 0 Å². The van der Waals surface area contributed by atoms with Crippen molar-refractivity contribution >= 4 is 0 Å². The molecule has 1 aromatic carbocycles. The monoisotopic (exact) mass is 260 g/mol. The molecule has 0 aromatic heterocycles. The van der Waals surface area contributed by atoms with Crippen LogP contribution in [0.25, 0.3) is 0 Å². The molecule has 1 aliphatic carbocycles. The van der Waals surface area contributed by atoms with Crippen molar-refractivity contribution in [3.63, 3.8) is 0 Å². The summed E-state index contributed by atoms with van der Waals surface area (Å²) in [6.07, 6.45) is 3.81. The summed E-state index contributed by atoms with van der Waals surface area (Å²) in [6.45, 7) is 2.84. The second-order valence-electron chi connectivity index (χ2n) is 5.87. The predicted octanol–water partition coefficient (Wildman–Crippen LogP) is 2.28. The van der Waals surface area contributed by atoms with Gasteiger partial charge in [0.05, 0.1) is 12.6 Å². The Kier molecular flexibility index (Phi) is 3.87. The quantitative estimate of drug-likeness (QED) is 0.882. The molecular weight excluding hydrogens is 236 g/mol. The van der Waals surface area contributed by atoms with Gasteiger partial charge in [-0.25, -0.2) is 0 Å². The topological polar surface area (TPSA) is 38.5 Å². The third-order valence-corrected chi connectivity index (χ3v) is 4.46. The lowest BCUT2D eigenvalue weighted by molar-refractivity contribution is 0.139. The number of benzene rings is 1. The van der Waals surface area contributed by atoms with E-state index in [1.807, 2.05) is 0 Å². The first kappa shape index (κ1) is 13.1. The van der Waals surface area contributed by atoms with Crippen LogP contribution in [-0.2, 0) is 4.74 Å². The average molecular weight is 260 g/mol. The second kappa shape index (κ2) is 5.61. The van der Waals surface area contributed by atoms with Gasteiger partial charge in [0.25, 0.3) is 0 Å². The Bertz CT molecular complexity index is 413. The van der Waals surface area contributed by atoms with Gasteiger partial charge in [-0.2, -0.15) is 0 Å². The summed E-state index contributed by atoms with van der Waals surface area (Å²) in [5, 5.41) is 0. The Balaban J connectivity index is 1.73. The first-order chi connectivity index (χ1) is 9.29. The Labute approximate surface area is 115 Å². The summed E-state index contributed by atoms with van der Waals surface area (Å²) in [5.74, 6) is 0.830. The molecule has 1 saturated heterocycles. The van der Waals surface area contributed by atoms with Crippen molar-refractivity contribution in [1.82, 2.24) is 4.90 Å². The summed E-state index contributed by atoms with van der Waals surface area (Å²) in [6, 6.07) is 9.78. The highest BCUT2D eigenvalue weighted by Gasteiger charge is 2.32. The lowest BCUT2D eigenvalue weighted by Gasteiger charge is -2.27. The molecule has 3 rings (SSSR count). The molecule has 2 N–H and O–H groups in total. The van der Waals surface area contributed by atoms with Crippen LogP contribution in [-0.4, -0.2) is 37.7 Å². The maximum absolute atomic E-state index is 6.30. The molecule has 2 fully saturated rings. The number of methoxy groups -OCH3 is 1. The number of ether oxygens (including phenoxy) is 1. The van der Waals surface area contributed by atoms with Crippen molar-refractivity contribution in [2.24, 2.45) is 5.73 Å². The zero-order valence-electron chi connectivity index (χ0n) is 11.7. The zero-order valence-corrected chi connectivity index (χ0v) is 11.7. The van der Waals surface area contributed by atoms with E-state index >= 15 is 0 Å². The van der Waals surface area contributed by atoms with E-state index in [4.69, 9.17) is 10.5 Å². The molecule has 19 heavy (non-hydrogen) atoms. The van der Waals surface area contributed by atoms with Gasteiger partial charge in [-0.15, -0.1) is 0 Å². The van der Waals surface area contributed by atoms with Gasteiger partial charge in [-0.05, 0) is 36.3 Å². The molecule has 3 heteroatoms. The fraction of sp³-hybridized carbons (Fsp3) is 0.625. The Morgan fingerprint density at radius 2 is 1.84 bits per heavy atom. The molecule has 1 heterocycles. The molecule has 2 atom stereocenters. The van der Waals surface area contributed by atoms with Crippen LogP contribution in [0.5, 0.6) is 0 Å². The fourth-order valence-corrected chi connectivity index (χ4v) is 3.18. The number of nitrogens with zero attached hydrogens (tertiary/aromatic N) is 1. The van der Waals surface area contributed by atoms with Gasteiger partial charge >= 0.3 is 0 Å². The molecular formula is C16H24N2O. The van der Waals surface area contributed by atoms with Gasteiger partial charge in [0.1, 0.15) is 0 Å². The third-order valence-electron chi connectivity index (χ3n) is 4.46. The largest absolute Gasteiger partial charge is 0.383 e. The molecule has 0 bridgehead atoms. The molecule has 0 radical (unpaired) electrons. The molecule has 0 spiro atoms. The maximum atomic E-state index is 6.30. The minimum atomic E-state index is 0.253. The molecule has 1 aliphatic heterocycles. The van der Waals surface area contributed by atoms with Crippen molar-refractivity contribution in [1.29, 1.82) is 0 Å². The highest BCUT2D eigenvalue weighted by molar-refractivity contribution is 5.31. The Hall–Kier alpha value is -0.900. The van der Waals surface area contributed by atoms with Crippen molar-refractivity contribution in [3.05, 3.63) is 35.4 Å². The third kappa shape index (κ3) is 2.83. The summed E-state index contributed by atoms with van der Waals surface area (Å²) >= 11 is 0. The number of nitrogens with two attached hydrogens (primary N) is 1. The van der Waals surface area contributed by atoms with Gasteiger partial charge in [-0.1, -0.05) is 24.3 Å². The standard InChI is InChI=1S/C16H24N2O/c1-19-11-10-18-9-8-15(17)16(18)14-6-4-13(5-7-14)12-2-3-12/h4-7,12,15-16H,2-3,8-11,17H2,1H3. The second-order valence-corrected chi connectivity index (χ2v) is 5.87. The lowest BCUT2D eigenvalue weighted by Crippen LogP contribution is -2.33. The first-order valence-electron chi connectivity index (χ1n) is 7.38. The number of hydrogen-bond acceptors (Lipinski definition) is 3. The van der Waals surface area contributed by atoms with E-state index in [0.717, 1.165) is 32.0 Å². The summed E-state index contributed by atoms with van der Waals surface area (Å²) in [4.78, 5) is 2.46. The highest BCUT2D eigenvalue weighted by atomic mass is 16.5. The van der Waals surface area contributed by atoms with Crippen LogP contribution in [0.2, 0.25) is 0 Å². The summed E-state index contributed by atoms with van der Waals surface area (Å²) in [5.41, 5.74) is 9.17. The van der Waals surface area contributed by atoms with Crippen LogP contribution in [0.3, 0.4) is 0 Å². The minimum absolute atomic E-state index is 0.253. The maximum Gasteiger partial charge on any atom is 0.0589 e. The van der Waals surface area contributed by atoms with E-state index in [1.54, 1.807) is 7.11 Å². The Morgan fingerprint density at radius 1 is 1.16 bits per heavy atom. The van der Waals surface area contributed by atoms with Crippen LogP contribution in [0, 0.1) is 0 Å². The number of hydrogen-bond donors (Lipinski definition) is 1. The first-order valence-corrected chi connectivity index (χ1v) is 7.38. The van der Waals surface area contributed by atoms with Crippen LogP contribution >= 0.6 is 0 Å². The Morgan fingerprint density at radius 3 is 2.47 bits per heavy atom. The minimum Gasteiger partial charge on any atom is -0.383 e. The van der Waals surface area contributed by atoms with E-state index < -0.39 is 0 Å². The van der Waals surface area contributed by atoms with Crippen LogP contribution in [0.15, 0.2) is 24.3 Å². The van der Waals surface area contributed by atoms with Gasteiger partial charge in [0.2, 0.25) is 0 Å². The van der Waals surface area contributed by atoms with Gasteiger partial charge in [0.15, 0.2) is 0 Å². The molecule has 2 aliphatic rings. The van der Waals surface area contributed by atoms with Gasteiger partial charge in [-0.3, -0.25) is 4.90 Å². The van der Waals surface area contributed by atoms with E-state index in [1.165, 1.54) is 24.0 Å². The normalized spacial score (nSPS) is 27.9. The van der Waals surface area contributed by atoms with Crippen LogP contribution < -0.4 is 5.73 Å². The molecule has 1 saturated carbocycles. The summed E-state index contributed by atoms with van der Waals surface area (Å²) in [7, 11) is 1.76. The van der Waals surface area contributed by atoms with Gasteiger partial charge < -0.3 is 10.5 Å². The van der Waals surface area contributed by atoms with Crippen molar-refractivity contribution in [2.45, 2.75) is 37.3 Å². The smallest absolute Gasteiger partial charge is 0.0589 e. The highest BCUT2D eigenvalue weighted by Crippen LogP contribution is 2.40. The van der Waals surface area contributed by atoms with E-state index in [-0.39, 0.29) is 6.04 Å². The van der Waals surface area contributed by atoms with Crippen molar-refractivity contribution in [2.75, 3.05) is 26.8 Å². The van der Waals surface area contributed by atoms with Gasteiger partial charge in [0, 0.05) is 26.2 Å². The zero-order chi connectivity index (χ0) is 13.2. The summed E-state index contributed by atoms with van der Waals surface area (Å²) < 4.78 is 5.20. The molecule has 0 amide bonds. The predicted molar refractivity (Wildman–Crippen MR) is 77.2 cm³/mol. The van der Waals surface area contributed by atoms with Crippen molar-refractivity contribution < 1.29 is 4.74 Å². The number of likely N-dealkylation sites (tertiary alicyclic amines) is 1. The van der Waals surface area contributed by atoms with E-state index in [9.17, 15) is 0 Å². The number of rotatable bonds is 5. The fourth-order valence-electron chi connectivity index (χ4n) is 3.18. The molecule has 3 nitrogen and oxygen atoms in total. The average Bonchev–Trinajstić information content (AvgIpc) is 3.21. The SMILES string of the molecule is COCCN1CCC(N)C1c1ccc(C2CC2)cc1. The van der Waals surface area contributed by atoms with E-state index in [0.29, 0.717) is 6.04 Å². The molecule has 2 unspecified atom stereocenters. The van der Waals surface area contributed by atoms with E-state index in [2.05, 4.69) is 29.2 Å². The molecule has 104 valence electrons. The molecule has 1 aromatic rings.